The highest BCUT2D eigenvalue weighted by Crippen LogP contribution is 2.34. The molecule has 0 N–H and O–H groups in total. The van der Waals surface area contributed by atoms with Crippen molar-refractivity contribution >= 4 is 27.9 Å². The Labute approximate surface area is 133 Å². The normalized spacial score (nSPS) is 11.2. The summed E-state index contributed by atoms with van der Waals surface area (Å²) in [4.78, 5) is 0.591. The molecule has 0 unspecified atom stereocenters. The summed E-state index contributed by atoms with van der Waals surface area (Å²) in [5, 5.41) is 13.5. The number of benzene rings is 2. The van der Waals surface area contributed by atoms with E-state index in [1.807, 2.05) is 30.3 Å². The van der Waals surface area contributed by atoms with Crippen molar-refractivity contribution in [2.75, 3.05) is 0 Å². The van der Waals surface area contributed by atoms with Gasteiger partial charge < -0.3 is 0 Å². The molecule has 0 fully saturated rings. The van der Waals surface area contributed by atoms with Gasteiger partial charge in [0, 0.05) is 5.56 Å². The van der Waals surface area contributed by atoms with E-state index in [1.54, 1.807) is 16.6 Å². The first-order chi connectivity index (χ1) is 10.7. The van der Waals surface area contributed by atoms with Gasteiger partial charge in [0.15, 0.2) is 10.8 Å². The number of hydrogen-bond acceptors (Lipinski definition) is 4. The Hall–Kier alpha value is -2.31. The summed E-state index contributed by atoms with van der Waals surface area (Å²) in [6.45, 7) is 0. The predicted molar refractivity (Wildman–Crippen MR) is 84.5 cm³/mol. The molecule has 4 nitrogen and oxygen atoms in total. The van der Waals surface area contributed by atoms with Crippen LogP contribution in [-0.2, 0) is 0 Å². The van der Waals surface area contributed by atoms with Crippen LogP contribution in [0, 0.1) is 5.82 Å². The molecule has 2 aromatic carbocycles. The highest BCUT2D eigenvalue weighted by atomic mass is 35.5. The molecule has 108 valence electrons. The lowest BCUT2D eigenvalue weighted by Gasteiger charge is -2.00. The topological polar surface area (TPSA) is 43.1 Å². The fraction of sp³-hybridized carbons (Fsp3) is 0. The second kappa shape index (κ2) is 5.15. The van der Waals surface area contributed by atoms with Gasteiger partial charge >= 0.3 is 0 Å². The molecule has 0 radical (unpaired) electrons. The third-order valence-electron chi connectivity index (χ3n) is 3.20. The van der Waals surface area contributed by atoms with Crippen LogP contribution in [0.15, 0.2) is 48.5 Å². The lowest BCUT2D eigenvalue weighted by atomic mass is 10.2. The molecule has 0 atom stereocenters. The Bertz CT molecular complexity index is 944. The first-order valence-corrected chi connectivity index (χ1v) is 7.65. The van der Waals surface area contributed by atoms with Gasteiger partial charge in [-0.3, -0.25) is 0 Å². The Kier molecular flexibility index (Phi) is 3.13. The molecular weight excluding hydrogens is 323 g/mol. The molecule has 7 heteroatoms. The Morgan fingerprint density at radius 1 is 1.00 bits per heavy atom. The maximum Gasteiger partial charge on any atom is 0.235 e. The molecule has 0 aliphatic heterocycles. The maximum absolute atomic E-state index is 14.0. The predicted octanol–water partition coefficient (Wildman–Crippen LogP) is 4.31. The van der Waals surface area contributed by atoms with Crippen molar-refractivity contribution in [1.82, 2.24) is 19.8 Å². The SMILES string of the molecule is Fc1cccc(Cl)c1-c1nn2c(-c3ccccc3)nnc2s1. The van der Waals surface area contributed by atoms with E-state index in [0.717, 1.165) is 5.56 Å². The van der Waals surface area contributed by atoms with Crippen LogP contribution in [0.4, 0.5) is 4.39 Å². The zero-order valence-electron chi connectivity index (χ0n) is 11.1. The molecule has 2 aromatic heterocycles. The van der Waals surface area contributed by atoms with Gasteiger partial charge in [-0.05, 0) is 12.1 Å². The number of rotatable bonds is 2. The number of fused-ring (bicyclic) bond motifs is 1. The third kappa shape index (κ3) is 2.08. The molecule has 2 heterocycles. The molecule has 22 heavy (non-hydrogen) atoms. The minimum absolute atomic E-state index is 0.290. The first-order valence-electron chi connectivity index (χ1n) is 6.46. The monoisotopic (exact) mass is 330 g/mol. The van der Waals surface area contributed by atoms with E-state index in [0.29, 0.717) is 26.4 Å². The molecule has 0 saturated heterocycles. The number of hydrogen-bond donors (Lipinski definition) is 0. The molecule has 0 aliphatic carbocycles. The van der Waals surface area contributed by atoms with E-state index >= 15 is 0 Å². The molecule has 0 bridgehead atoms. The van der Waals surface area contributed by atoms with Gasteiger partial charge in [0.2, 0.25) is 4.96 Å². The van der Waals surface area contributed by atoms with Gasteiger partial charge in [-0.25, -0.2) is 4.39 Å². The van der Waals surface area contributed by atoms with Crippen LogP contribution in [0.5, 0.6) is 0 Å². The van der Waals surface area contributed by atoms with Crippen LogP contribution in [0.2, 0.25) is 5.02 Å². The largest absolute Gasteiger partial charge is 0.235 e. The first kappa shape index (κ1) is 13.4. The van der Waals surface area contributed by atoms with Crippen LogP contribution < -0.4 is 0 Å². The molecule has 0 saturated carbocycles. The van der Waals surface area contributed by atoms with E-state index in [2.05, 4.69) is 15.3 Å². The summed E-state index contributed by atoms with van der Waals surface area (Å²) >= 11 is 7.34. The van der Waals surface area contributed by atoms with Crippen LogP contribution in [0.3, 0.4) is 0 Å². The van der Waals surface area contributed by atoms with Crippen molar-refractivity contribution in [3.05, 3.63) is 59.4 Å². The summed E-state index contributed by atoms with van der Waals surface area (Å²) in [5.74, 6) is 0.212. The molecule has 0 amide bonds. The number of nitrogens with zero attached hydrogens (tertiary/aromatic N) is 4. The quantitative estimate of drug-likeness (QED) is 0.550. The van der Waals surface area contributed by atoms with E-state index in [-0.39, 0.29) is 0 Å². The zero-order valence-corrected chi connectivity index (χ0v) is 12.6. The maximum atomic E-state index is 14.0. The van der Waals surface area contributed by atoms with Gasteiger partial charge in [0.05, 0.1) is 10.6 Å². The number of halogens is 2. The van der Waals surface area contributed by atoms with E-state index in [9.17, 15) is 4.39 Å². The van der Waals surface area contributed by atoms with Crippen LogP contribution in [-0.4, -0.2) is 19.8 Å². The van der Waals surface area contributed by atoms with E-state index in [1.165, 1.54) is 17.4 Å². The standard InChI is InChI=1S/C15H8ClFN4S/c16-10-7-4-8-11(17)12(10)14-20-21-13(18-19-15(21)22-14)9-5-2-1-3-6-9/h1-8H. The summed E-state index contributed by atoms with van der Waals surface area (Å²) < 4.78 is 15.6. The average molecular weight is 331 g/mol. The Balaban J connectivity index is 1.91. The lowest BCUT2D eigenvalue weighted by Crippen LogP contribution is -1.92. The fourth-order valence-corrected chi connectivity index (χ4v) is 3.40. The Morgan fingerprint density at radius 2 is 1.82 bits per heavy atom. The van der Waals surface area contributed by atoms with Crippen LogP contribution in [0.1, 0.15) is 0 Å². The highest BCUT2D eigenvalue weighted by Gasteiger charge is 2.18. The van der Waals surface area contributed by atoms with Crippen molar-refractivity contribution in [1.29, 1.82) is 0 Å². The average Bonchev–Trinajstić information content (AvgIpc) is 3.08. The fourth-order valence-electron chi connectivity index (χ4n) is 2.19. The van der Waals surface area contributed by atoms with E-state index in [4.69, 9.17) is 11.6 Å². The van der Waals surface area contributed by atoms with Crippen LogP contribution >= 0.6 is 22.9 Å². The highest BCUT2D eigenvalue weighted by molar-refractivity contribution is 7.19. The minimum atomic E-state index is -0.404. The summed E-state index contributed by atoms with van der Waals surface area (Å²) in [7, 11) is 0. The van der Waals surface area contributed by atoms with E-state index < -0.39 is 5.82 Å². The number of aromatic nitrogens is 4. The molecular formula is C15H8ClFN4S. The smallest absolute Gasteiger partial charge is 0.206 e. The van der Waals surface area contributed by atoms with Gasteiger partial charge in [-0.1, -0.05) is 59.3 Å². The molecule has 4 aromatic rings. The summed E-state index contributed by atoms with van der Waals surface area (Å²) in [5.41, 5.74) is 1.19. The second-order valence-electron chi connectivity index (χ2n) is 4.59. The van der Waals surface area contributed by atoms with Gasteiger partial charge in [0.1, 0.15) is 5.82 Å². The van der Waals surface area contributed by atoms with Gasteiger partial charge in [-0.15, -0.1) is 10.2 Å². The Morgan fingerprint density at radius 3 is 2.59 bits per heavy atom. The summed E-state index contributed by atoms with van der Waals surface area (Å²) in [6.07, 6.45) is 0. The summed E-state index contributed by atoms with van der Waals surface area (Å²) in [6, 6.07) is 14.2. The molecule has 0 spiro atoms. The minimum Gasteiger partial charge on any atom is -0.206 e. The second-order valence-corrected chi connectivity index (χ2v) is 5.95. The van der Waals surface area contributed by atoms with Crippen molar-refractivity contribution in [3.63, 3.8) is 0 Å². The van der Waals surface area contributed by atoms with Crippen molar-refractivity contribution in [3.8, 4) is 22.0 Å². The molecule has 4 rings (SSSR count). The van der Waals surface area contributed by atoms with Gasteiger partial charge in [-0.2, -0.15) is 9.61 Å². The van der Waals surface area contributed by atoms with Crippen LogP contribution in [0.25, 0.3) is 26.9 Å². The van der Waals surface area contributed by atoms with Crippen molar-refractivity contribution in [2.45, 2.75) is 0 Å². The van der Waals surface area contributed by atoms with Crippen molar-refractivity contribution < 1.29 is 4.39 Å². The zero-order chi connectivity index (χ0) is 15.1. The lowest BCUT2D eigenvalue weighted by molar-refractivity contribution is 0.631. The van der Waals surface area contributed by atoms with Crippen molar-refractivity contribution in [2.24, 2.45) is 0 Å². The molecule has 0 aliphatic rings. The van der Waals surface area contributed by atoms with Gasteiger partial charge in [0.25, 0.3) is 0 Å². The third-order valence-corrected chi connectivity index (χ3v) is 4.43.